The number of hydrogen-bond acceptors (Lipinski definition) is 4. The van der Waals surface area contributed by atoms with E-state index in [-0.39, 0.29) is 5.91 Å². The van der Waals surface area contributed by atoms with Crippen molar-refractivity contribution in [1.82, 2.24) is 14.8 Å². The zero-order valence-electron chi connectivity index (χ0n) is 13.1. The number of carbonyl (C=O) groups excluding carboxylic acids is 1. The van der Waals surface area contributed by atoms with Crippen molar-refractivity contribution in [2.75, 3.05) is 11.1 Å². The summed E-state index contributed by atoms with van der Waals surface area (Å²) in [7, 11) is 1.97. The highest BCUT2D eigenvalue weighted by Gasteiger charge is 2.29. The van der Waals surface area contributed by atoms with Gasteiger partial charge in [0.05, 0.1) is 5.75 Å². The third kappa shape index (κ3) is 3.32. The average molecular weight is 316 g/mol. The van der Waals surface area contributed by atoms with E-state index in [9.17, 15) is 4.79 Å². The quantitative estimate of drug-likeness (QED) is 0.861. The van der Waals surface area contributed by atoms with Crippen LogP contribution in [0.2, 0.25) is 0 Å². The summed E-state index contributed by atoms with van der Waals surface area (Å²) in [5, 5.41) is 12.2. The molecule has 1 aromatic carbocycles. The highest BCUT2D eigenvalue weighted by Crippen LogP contribution is 2.39. The number of aromatic nitrogens is 3. The third-order valence-corrected chi connectivity index (χ3v) is 4.83. The van der Waals surface area contributed by atoms with Crippen LogP contribution < -0.4 is 5.32 Å². The first kappa shape index (κ1) is 15.1. The maximum atomic E-state index is 12.1. The molecule has 1 amide bonds. The van der Waals surface area contributed by atoms with E-state index in [2.05, 4.69) is 15.5 Å². The second-order valence-corrected chi connectivity index (χ2v) is 6.77. The Kier molecular flexibility index (Phi) is 4.20. The summed E-state index contributed by atoms with van der Waals surface area (Å²) in [6.45, 7) is 4.01. The minimum Gasteiger partial charge on any atom is -0.325 e. The summed E-state index contributed by atoms with van der Waals surface area (Å²) >= 11 is 1.43. The summed E-state index contributed by atoms with van der Waals surface area (Å²) in [4.78, 5) is 12.1. The summed E-state index contributed by atoms with van der Waals surface area (Å²) < 4.78 is 2.01. The van der Waals surface area contributed by atoms with Gasteiger partial charge in [0.15, 0.2) is 5.16 Å². The average Bonchev–Trinajstić information content (AvgIpc) is 3.25. The molecule has 5 nitrogen and oxygen atoms in total. The highest BCUT2D eigenvalue weighted by molar-refractivity contribution is 7.99. The van der Waals surface area contributed by atoms with Crippen molar-refractivity contribution < 1.29 is 4.79 Å². The number of hydrogen-bond donors (Lipinski definition) is 1. The van der Waals surface area contributed by atoms with Crippen molar-refractivity contribution in [3.8, 4) is 0 Å². The molecule has 1 heterocycles. The smallest absolute Gasteiger partial charge is 0.234 e. The lowest BCUT2D eigenvalue weighted by atomic mass is 10.1. The number of amides is 1. The Morgan fingerprint density at radius 3 is 2.86 bits per heavy atom. The first-order chi connectivity index (χ1) is 10.5. The molecule has 1 saturated carbocycles. The van der Waals surface area contributed by atoms with Crippen LogP contribution in [0, 0.1) is 13.8 Å². The van der Waals surface area contributed by atoms with E-state index in [1.165, 1.54) is 24.6 Å². The van der Waals surface area contributed by atoms with Crippen LogP contribution in [0.25, 0.3) is 0 Å². The van der Waals surface area contributed by atoms with Gasteiger partial charge in [0, 0.05) is 18.7 Å². The Morgan fingerprint density at radius 1 is 1.36 bits per heavy atom. The van der Waals surface area contributed by atoms with E-state index in [1.54, 1.807) is 0 Å². The van der Waals surface area contributed by atoms with Gasteiger partial charge >= 0.3 is 0 Å². The van der Waals surface area contributed by atoms with Crippen LogP contribution >= 0.6 is 11.8 Å². The van der Waals surface area contributed by atoms with Gasteiger partial charge in [-0.1, -0.05) is 23.9 Å². The molecule has 3 rings (SSSR count). The molecule has 0 atom stereocenters. The highest BCUT2D eigenvalue weighted by atomic mass is 32.2. The number of aryl methyl sites for hydroxylation is 2. The minimum atomic E-state index is -0.0188. The van der Waals surface area contributed by atoms with Crippen molar-refractivity contribution in [1.29, 1.82) is 0 Å². The maximum Gasteiger partial charge on any atom is 0.234 e. The fourth-order valence-corrected chi connectivity index (χ4v) is 3.05. The van der Waals surface area contributed by atoms with Crippen molar-refractivity contribution in [2.45, 2.75) is 37.8 Å². The number of rotatable bonds is 5. The Hall–Kier alpha value is -1.82. The first-order valence-corrected chi connectivity index (χ1v) is 8.42. The van der Waals surface area contributed by atoms with Crippen molar-refractivity contribution in [3.63, 3.8) is 0 Å². The number of anilines is 1. The Bertz CT molecular complexity index is 706. The molecular formula is C16H20N4OS. The standard InChI is InChI=1S/C16H20N4OS/c1-10-4-5-11(2)13(8-10)17-14(21)9-22-16-19-18-15(20(16)3)12-6-7-12/h4-5,8,12H,6-7,9H2,1-3H3,(H,17,21). The van der Waals surface area contributed by atoms with Gasteiger partial charge in [-0.15, -0.1) is 10.2 Å². The van der Waals surface area contributed by atoms with E-state index >= 15 is 0 Å². The van der Waals surface area contributed by atoms with Crippen LogP contribution in [0.5, 0.6) is 0 Å². The summed E-state index contributed by atoms with van der Waals surface area (Å²) in [5.74, 6) is 1.92. The van der Waals surface area contributed by atoms with Gasteiger partial charge in [0.25, 0.3) is 0 Å². The van der Waals surface area contributed by atoms with E-state index in [4.69, 9.17) is 0 Å². The van der Waals surface area contributed by atoms with Gasteiger partial charge in [-0.2, -0.15) is 0 Å². The molecular weight excluding hydrogens is 296 g/mol. The Balaban J connectivity index is 1.59. The molecule has 1 fully saturated rings. The molecule has 1 aliphatic carbocycles. The van der Waals surface area contributed by atoms with Gasteiger partial charge in [-0.3, -0.25) is 4.79 Å². The molecule has 0 aliphatic heterocycles. The predicted octanol–water partition coefficient (Wildman–Crippen LogP) is 3.04. The number of benzene rings is 1. The number of nitrogens with one attached hydrogen (secondary N) is 1. The lowest BCUT2D eigenvalue weighted by Crippen LogP contribution is -2.15. The summed E-state index contributed by atoms with van der Waals surface area (Å²) in [6, 6.07) is 6.05. The number of thioether (sulfide) groups is 1. The monoisotopic (exact) mass is 316 g/mol. The lowest BCUT2D eigenvalue weighted by Gasteiger charge is -2.09. The minimum absolute atomic E-state index is 0.0188. The Labute approximate surface area is 134 Å². The van der Waals surface area contributed by atoms with Crippen molar-refractivity contribution >= 4 is 23.4 Å². The largest absolute Gasteiger partial charge is 0.325 e. The zero-order chi connectivity index (χ0) is 15.7. The molecule has 0 unspecified atom stereocenters. The lowest BCUT2D eigenvalue weighted by molar-refractivity contribution is -0.113. The molecule has 0 spiro atoms. The second-order valence-electron chi connectivity index (χ2n) is 5.83. The van der Waals surface area contributed by atoms with Crippen LogP contribution in [-0.4, -0.2) is 26.4 Å². The number of nitrogens with zero attached hydrogens (tertiary/aromatic N) is 3. The topological polar surface area (TPSA) is 59.8 Å². The van der Waals surface area contributed by atoms with Gasteiger partial charge < -0.3 is 9.88 Å². The van der Waals surface area contributed by atoms with Crippen molar-refractivity contribution in [3.05, 3.63) is 35.2 Å². The molecule has 0 bridgehead atoms. The van der Waals surface area contributed by atoms with Crippen molar-refractivity contribution in [2.24, 2.45) is 7.05 Å². The van der Waals surface area contributed by atoms with Gasteiger partial charge in [0.2, 0.25) is 5.91 Å². The van der Waals surface area contributed by atoms with E-state index in [1.807, 2.05) is 43.7 Å². The molecule has 1 aliphatic rings. The van der Waals surface area contributed by atoms with Crippen LogP contribution in [0.3, 0.4) is 0 Å². The predicted molar refractivity (Wildman–Crippen MR) is 88.2 cm³/mol. The second kappa shape index (κ2) is 6.12. The molecule has 1 N–H and O–H groups in total. The van der Waals surface area contributed by atoms with Gasteiger partial charge in [-0.05, 0) is 43.9 Å². The van der Waals surface area contributed by atoms with Gasteiger partial charge in [0.1, 0.15) is 5.82 Å². The van der Waals surface area contributed by atoms with E-state index in [0.717, 1.165) is 27.8 Å². The van der Waals surface area contributed by atoms with E-state index in [0.29, 0.717) is 11.7 Å². The molecule has 1 aromatic heterocycles. The molecule has 0 radical (unpaired) electrons. The third-order valence-electron chi connectivity index (χ3n) is 3.81. The molecule has 6 heteroatoms. The normalized spacial score (nSPS) is 14.1. The SMILES string of the molecule is Cc1ccc(C)c(NC(=O)CSc2nnc(C3CC3)n2C)c1. The number of carbonyl (C=O) groups is 1. The molecule has 22 heavy (non-hydrogen) atoms. The van der Waals surface area contributed by atoms with Crippen LogP contribution in [0.1, 0.15) is 35.7 Å². The van der Waals surface area contributed by atoms with Gasteiger partial charge in [-0.25, -0.2) is 0 Å². The maximum absolute atomic E-state index is 12.1. The van der Waals surface area contributed by atoms with Crippen LogP contribution in [-0.2, 0) is 11.8 Å². The fourth-order valence-electron chi connectivity index (χ4n) is 2.34. The molecule has 116 valence electrons. The summed E-state index contributed by atoms with van der Waals surface area (Å²) in [6.07, 6.45) is 2.40. The van der Waals surface area contributed by atoms with Crippen LogP contribution in [0.4, 0.5) is 5.69 Å². The Morgan fingerprint density at radius 2 is 2.14 bits per heavy atom. The molecule has 2 aromatic rings. The fraction of sp³-hybridized carbons (Fsp3) is 0.438. The first-order valence-electron chi connectivity index (χ1n) is 7.44. The molecule has 0 saturated heterocycles. The van der Waals surface area contributed by atoms with E-state index < -0.39 is 0 Å². The summed E-state index contributed by atoms with van der Waals surface area (Å²) in [5.41, 5.74) is 3.08. The van der Waals surface area contributed by atoms with Crippen LogP contribution in [0.15, 0.2) is 23.4 Å². The zero-order valence-corrected chi connectivity index (χ0v) is 13.9.